The smallest absolute Gasteiger partial charge is 0.135 e. The van der Waals surface area contributed by atoms with Gasteiger partial charge in [-0.15, -0.1) is 0 Å². The van der Waals surface area contributed by atoms with Gasteiger partial charge in [0.05, 0.1) is 14.2 Å². The Morgan fingerprint density at radius 2 is 1.60 bits per heavy atom. The molecule has 3 nitrogen and oxygen atoms in total. The van der Waals surface area contributed by atoms with Gasteiger partial charge in [-0.3, -0.25) is 0 Å². The largest absolute Gasteiger partial charge is 0.497 e. The maximum atomic E-state index is 6.16. The first-order valence-electron chi connectivity index (χ1n) is 6.65. The van der Waals surface area contributed by atoms with E-state index in [1.165, 1.54) is 5.56 Å². The fourth-order valence-electron chi connectivity index (χ4n) is 2.67. The molecule has 0 saturated heterocycles. The maximum Gasteiger partial charge on any atom is 0.135 e. The van der Waals surface area contributed by atoms with Crippen LogP contribution in [0.25, 0.3) is 0 Å². The molecule has 0 amide bonds. The number of methoxy groups -OCH3 is 2. The van der Waals surface area contributed by atoms with Crippen molar-refractivity contribution < 1.29 is 14.2 Å². The normalized spacial score (nSPS) is 20.1. The monoisotopic (exact) mass is 270 g/mol. The molecule has 2 aromatic rings. The van der Waals surface area contributed by atoms with Gasteiger partial charge in [-0.05, 0) is 42.8 Å². The number of rotatable bonds is 3. The van der Waals surface area contributed by atoms with Gasteiger partial charge in [0.2, 0.25) is 0 Å². The van der Waals surface area contributed by atoms with Crippen molar-refractivity contribution in [3.8, 4) is 17.2 Å². The average Bonchev–Trinajstić information content (AvgIpc) is 2.83. The van der Waals surface area contributed by atoms with E-state index in [2.05, 4.69) is 19.1 Å². The van der Waals surface area contributed by atoms with Crippen molar-refractivity contribution in [1.29, 1.82) is 0 Å². The fourth-order valence-corrected chi connectivity index (χ4v) is 2.67. The summed E-state index contributed by atoms with van der Waals surface area (Å²) in [5.74, 6) is 2.66. The molecule has 3 heteroatoms. The molecule has 0 N–H and O–H groups in total. The van der Waals surface area contributed by atoms with Crippen molar-refractivity contribution in [3.05, 3.63) is 53.6 Å². The Kier molecular flexibility index (Phi) is 3.05. The highest BCUT2D eigenvalue weighted by atomic mass is 16.5. The van der Waals surface area contributed by atoms with Crippen LogP contribution in [0.5, 0.6) is 17.2 Å². The zero-order valence-corrected chi connectivity index (χ0v) is 12.0. The summed E-state index contributed by atoms with van der Waals surface area (Å²) in [6.07, 6.45) is 0.839. The summed E-state index contributed by atoms with van der Waals surface area (Å²) in [4.78, 5) is 0. The van der Waals surface area contributed by atoms with Gasteiger partial charge in [0, 0.05) is 12.0 Å². The molecule has 0 spiro atoms. The molecule has 1 aliphatic rings. The van der Waals surface area contributed by atoms with Gasteiger partial charge in [0.1, 0.15) is 22.8 Å². The summed E-state index contributed by atoms with van der Waals surface area (Å²) in [5, 5.41) is 0. The first kappa shape index (κ1) is 12.9. The Morgan fingerprint density at radius 1 is 0.950 bits per heavy atom. The second-order valence-electron chi connectivity index (χ2n) is 5.21. The van der Waals surface area contributed by atoms with Crippen molar-refractivity contribution in [2.45, 2.75) is 18.9 Å². The van der Waals surface area contributed by atoms with E-state index in [9.17, 15) is 0 Å². The Hall–Kier alpha value is -2.16. The third kappa shape index (κ3) is 2.09. The van der Waals surface area contributed by atoms with Gasteiger partial charge < -0.3 is 14.2 Å². The quantitative estimate of drug-likeness (QED) is 0.853. The van der Waals surface area contributed by atoms with Crippen LogP contribution in [0.1, 0.15) is 18.1 Å². The summed E-state index contributed by atoms with van der Waals surface area (Å²) in [6.45, 7) is 2.11. The molecule has 0 unspecified atom stereocenters. The summed E-state index contributed by atoms with van der Waals surface area (Å²) in [7, 11) is 3.35. The number of ether oxygens (including phenoxy) is 3. The molecule has 0 bridgehead atoms. The van der Waals surface area contributed by atoms with E-state index >= 15 is 0 Å². The minimum absolute atomic E-state index is 0.332. The van der Waals surface area contributed by atoms with Gasteiger partial charge >= 0.3 is 0 Å². The average molecular weight is 270 g/mol. The second kappa shape index (κ2) is 4.75. The minimum atomic E-state index is -0.332. The van der Waals surface area contributed by atoms with Crippen LogP contribution in [0.2, 0.25) is 0 Å². The molecule has 2 aromatic carbocycles. The highest BCUT2D eigenvalue weighted by Crippen LogP contribution is 2.42. The molecule has 3 rings (SSSR count). The van der Waals surface area contributed by atoms with Crippen LogP contribution in [-0.2, 0) is 12.0 Å². The van der Waals surface area contributed by atoms with E-state index in [0.717, 1.165) is 29.2 Å². The Bertz CT molecular complexity index is 619. The first-order chi connectivity index (χ1) is 9.64. The van der Waals surface area contributed by atoms with Crippen molar-refractivity contribution in [2.24, 2.45) is 0 Å². The Labute approximate surface area is 119 Å². The van der Waals surface area contributed by atoms with Crippen molar-refractivity contribution >= 4 is 0 Å². The van der Waals surface area contributed by atoms with Gasteiger partial charge in [0.25, 0.3) is 0 Å². The summed E-state index contributed by atoms with van der Waals surface area (Å²) < 4.78 is 16.6. The summed E-state index contributed by atoms with van der Waals surface area (Å²) >= 11 is 0. The zero-order valence-electron chi connectivity index (χ0n) is 12.0. The lowest BCUT2D eigenvalue weighted by Crippen LogP contribution is -2.26. The van der Waals surface area contributed by atoms with Crippen molar-refractivity contribution in [1.82, 2.24) is 0 Å². The second-order valence-corrected chi connectivity index (χ2v) is 5.21. The molecular formula is C17H18O3. The molecule has 1 atom stereocenters. The lowest BCUT2D eigenvalue weighted by molar-refractivity contribution is 0.115. The van der Waals surface area contributed by atoms with E-state index in [4.69, 9.17) is 14.2 Å². The third-order valence-electron chi connectivity index (χ3n) is 3.83. The zero-order chi connectivity index (χ0) is 14.2. The molecule has 0 saturated carbocycles. The number of hydrogen-bond donors (Lipinski definition) is 0. The summed E-state index contributed by atoms with van der Waals surface area (Å²) in [6, 6.07) is 14.0. The lowest BCUT2D eigenvalue weighted by atomic mass is 9.91. The van der Waals surface area contributed by atoms with Crippen molar-refractivity contribution in [2.75, 3.05) is 14.2 Å². The highest BCUT2D eigenvalue weighted by Gasteiger charge is 2.36. The highest BCUT2D eigenvalue weighted by molar-refractivity contribution is 5.46. The van der Waals surface area contributed by atoms with E-state index in [1.54, 1.807) is 14.2 Å². The predicted molar refractivity (Wildman–Crippen MR) is 77.7 cm³/mol. The number of hydrogen-bond acceptors (Lipinski definition) is 3. The molecule has 0 aliphatic carbocycles. The molecule has 104 valence electrons. The topological polar surface area (TPSA) is 27.7 Å². The standard InChI is InChI=1S/C17H18O3/c1-17(13-4-6-14(18-2)7-5-13)11-12-10-15(19-3)8-9-16(12)20-17/h4-10H,11H2,1-3H3/t17-/m0/s1. The van der Waals surface area contributed by atoms with Crippen LogP contribution >= 0.6 is 0 Å². The van der Waals surface area contributed by atoms with E-state index in [0.29, 0.717) is 0 Å². The molecule has 0 radical (unpaired) electrons. The van der Waals surface area contributed by atoms with E-state index < -0.39 is 0 Å². The molecule has 20 heavy (non-hydrogen) atoms. The molecule has 1 aliphatic heterocycles. The Balaban J connectivity index is 1.91. The van der Waals surface area contributed by atoms with E-state index in [1.807, 2.05) is 30.3 Å². The Morgan fingerprint density at radius 3 is 2.25 bits per heavy atom. The predicted octanol–water partition coefficient (Wildman–Crippen LogP) is 3.55. The lowest BCUT2D eigenvalue weighted by Gasteiger charge is -2.24. The van der Waals surface area contributed by atoms with E-state index in [-0.39, 0.29) is 5.60 Å². The summed E-state index contributed by atoms with van der Waals surface area (Å²) in [5.41, 5.74) is 2.00. The first-order valence-corrected chi connectivity index (χ1v) is 6.65. The fraction of sp³-hybridized carbons (Fsp3) is 0.294. The SMILES string of the molecule is COc1ccc([C@]2(C)Cc3cc(OC)ccc3O2)cc1. The van der Waals surface area contributed by atoms with Gasteiger partial charge in [0.15, 0.2) is 0 Å². The number of benzene rings is 2. The van der Waals surface area contributed by atoms with Crippen LogP contribution in [0, 0.1) is 0 Å². The van der Waals surface area contributed by atoms with Gasteiger partial charge in [-0.2, -0.15) is 0 Å². The molecule has 0 aromatic heterocycles. The van der Waals surface area contributed by atoms with Crippen LogP contribution in [0.3, 0.4) is 0 Å². The molecular weight excluding hydrogens is 252 g/mol. The van der Waals surface area contributed by atoms with Crippen LogP contribution in [-0.4, -0.2) is 14.2 Å². The van der Waals surface area contributed by atoms with Gasteiger partial charge in [-0.25, -0.2) is 0 Å². The number of fused-ring (bicyclic) bond motifs is 1. The molecule has 1 heterocycles. The minimum Gasteiger partial charge on any atom is -0.497 e. The maximum absolute atomic E-state index is 6.16. The van der Waals surface area contributed by atoms with Crippen LogP contribution in [0.15, 0.2) is 42.5 Å². The van der Waals surface area contributed by atoms with Crippen molar-refractivity contribution in [3.63, 3.8) is 0 Å². The third-order valence-corrected chi connectivity index (χ3v) is 3.83. The molecule has 0 fully saturated rings. The van der Waals surface area contributed by atoms with Crippen LogP contribution in [0.4, 0.5) is 0 Å². The van der Waals surface area contributed by atoms with Gasteiger partial charge in [-0.1, -0.05) is 12.1 Å². The van der Waals surface area contributed by atoms with Crippen LogP contribution < -0.4 is 14.2 Å².